The van der Waals surface area contributed by atoms with Crippen LogP contribution in [-0.4, -0.2) is 21.8 Å². The fraction of sp³-hybridized carbons (Fsp3) is 0.143. The zero-order valence-corrected chi connectivity index (χ0v) is 18.7. The number of nitrogens with zero attached hydrogens (tertiary/aromatic N) is 1. The summed E-state index contributed by atoms with van der Waals surface area (Å²) in [5.74, 6) is -2.04. The first-order valence-electron chi connectivity index (χ1n) is 9.25. The lowest BCUT2D eigenvalue weighted by Crippen LogP contribution is -2.16. The molecule has 168 valence electrons. The van der Waals surface area contributed by atoms with E-state index in [1.165, 1.54) is 24.3 Å². The Hall–Kier alpha value is -3.31. The van der Waals surface area contributed by atoms with Gasteiger partial charge in [0.05, 0.1) is 26.2 Å². The second-order valence-electron chi connectivity index (χ2n) is 7.21. The molecule has 0 spiro atoms. The highest BCUT2D eigenvalue weighted by molar-refractivity contribution is 7.92. The molecule has 0 aliphatic rings. The number of sulfonamides is 1. The average molecular weight is 479 g/mol. The van der Waals surface area contributed by atoms with Crippen molar-refractivity contribution in [2.75, 3.05) is 4.72 Å². The minimum atomic E-state index is -4.22. The van der Waals surface area contributed by atoms with Crippen LogP contribution in [0.3, 0.4) is 0 Å². The van der Waals surface area contributed by atoms with Gasteiger partial charge in [0.25, 0.3) is 10.0 Å². The third-order valence-corrected chi connectivity index (χ3v) is 7.73. The molecule has 8 nitrogen and oxygen atoms in total. The van der Waals surface area contributed by atoms with Crippen LogP contribution in [0.25, 0.3) is 0 Å². The lowest BCUT2D eigenvalue weighted by atomic mass is 10.2. The molecule has 0 atom stereocenters. The van der Waals surface area contributed by atoms with Crippen LogP contribution in [0.1, 0.15) is 16.7 Å². The third kappa shape index (κ3) is 5.11. The number of nitrogens with one attached hydrogen (secondary N) is 1. The Balaban J connectivity index is 2.08. The van der Waals surface area contributed by atoms with Crippen molar-refractivity contribution >= 4 is 31.2 Å². The molecule has 3 rings (SSSR count). The van der Waals surface area contributed by atoms with Crippen LogP contribution < -0.4 is 4.72 Å². The maximum absolute atomic E-state index is 14.3. The fourth-order valence-corrected chi connectivity index (χ4v) is 5.37. The number of rotatable bonds is 7. The Morgan fingerprint density at radius 1 is 0.875 bits per heavy atom. The molecule has 0 radical (unpaired) electrons. The van der Waals surface area contributed by atoms with Crippen molar-refractivity contribution in [1.82, 2.24) is 0 Å². The third-order valence-electron chi connectivity index (χ3n) is 4.67. The number of benzene rings is 3. The van der Waals surface area contributed by atoms with Gasteiger partial charge in [0, 0.05) is 6.07 Å². The number of hydrogen-bond donors (Lipinski definition) is 1. The first-order valence-corrected chi connectivity index (χ1v) is 12.4. The smallest absolute Gasteiger partial charge is 0.279 e. The normalized spacial score (nSPS) is 11.8. The highest BCUT2D eigenvalue weighted by atomic mass is 32.2. The Labute approximate surface area is 184 Å². The van der Waals surface area contributed by atoms with E-state index in [2.05, 4.69) is 4.72 Å². The maximum Gasteiger partial charge on any atom is 0.306 e. The average Bonchev–Trinajstić information content (AvgIpc) is 2.70. The first kappa shape index (κ1) is 23.4. The van der Waals surface area contributed by atoms with Gasteiger partial charge in [-0.05, 0) is 49.7 Å². The van der Waals surface area contributed by atoms with Crippen molar-refractivity contribution in [1.29, 1.82) is 0 Å². The molecule has 0 aliphatic carbocycles. The number of hydrogen-bond acceptors (Lipinski definition) is 6. The second kappa shape index (κ2) is 8.67. The van der Waals surface area contributed by atoms with Crippen molar-refractivity contribution in [3.63, 3.8) is 0 Å². The summed E-state index contributed by atoms with van der Waals surface area (Å²) in [4.78, 5) is 9.97. The number of aryl methyl sites for hydroxylation is 2. The van der Waals surface area contributed by atoms with E-state index in [0.29, 0.717) is 12.1 Å². The highest BCUT2D eigenvalue weighted by Crippen LogP contribution is 2.31. The molecule has 0 saturated carbocycles. The van der Waals surface area contributed by atoms with Crippen LogP contribution in [0.5, 0.6) is 0 Å². The van der Waals surface area contributed by atoms with Gasteiger partial charge in [-0.3, -0.25) is 14.8 Å². The second-order valence-corrected chi connectivity index (χ2v) is 10.9. The molecule has 32 heavy (non-hydrogen) atoms. The van der Waals surface area contributed by atoms with Gasteiger partial charge in [-0.25, -0.2) is 16.8 Å². The SMILES string of the molecule is Cc1ccc(S(=O)(=O)Cc2cc(F)c([N+](=O)[O-])cc2NS(=O)(=O)c2ccc(C)cc2)cc1. The van der Waals surface area contributed by atoms with E-state index in [1.54, 1.807) is 38.1 Å². The summed E-state index contributed by atoms with van der Waals surface area (Å²) >= 11 is 0. The maximum atomic E-state index is 14.3. The van der Waals surface area contributed by atoms with Gasteiger partial charge in [0.2, 0.25) is 5.82 Å². The van der Waals surface area contributed by atoms with E-state index in [-0.39, 0.29) is 15.4 Å². The summed E-state index contributed by atoms with van der Waals surface area (Å²) in [5.41, 5.74) is 0.00457. The lowest BCUT2D eigenvalue weighted by Gasteiger charge is -2.14. The molecule has 0 amide bonds. The molecule has 0 aromatic heterocycles. The van der Waals surface area contributed by atoms with E-state index in [9.17, 15) is 31.3 Å². The van der Waals surface area contributed by atoms with Crippen LogP contribution >= 0.6 is 0 Å². The van der Waals surface area contributed by atoms with Gasteiger partial charge in [0.1, 0.15) is 0 Å². The summed E-state index contributed by atoms with van der Waals surface area (Å²) < 4.78 is 67.7. The summed E-state index contributed by atoms with van der Waals surface area (Å²) in [6, 6.07) is 13.1. The summed E-state index contributed by atoms with van der Waals surface area (Å²) in [6.45, 7) is 3.54. The van der Waals surface area contributed by atoms with Crippen molar-refractivity contribution in [3.05, 3.63) is 93.3 Å². The predicted octanol–water partition coefficient (Wildman–Crippen LogP) is 4.13. The highest BCUT2D eigenvalue weighted by Gasteiger charge is 2.25. The van der Waals surface area contributed by atoms with E-state index in [4.69, 9.17) is 0 Å². The van der Waals surface area contributed by atoms with Gasteiger partial charge < -0.3 is 0 Å². The fourth-order valence-electron chi connectivity index (χ4n) is 2.91. The number of nitro benzene ring substituents is 1. The van der Waals surface area contributed by atoms with Crippen molar-refractivity contribution in [2.24, 2.45) is 0 Å². The minimum Gasteiger partial charge on any atom is -0.279 e. The largest absolute Gasteiger partial charge is 0.306 e. The topological polar surface area (TPSA) is 123 Å². The van der Waals surface area contributed by atoms with Crippen molar-refractivity contribution < 1.29 is 26.1 Å². The van der Waals surface area contributed by atoms with Gasteiger partial charge in [-0.1, -0.05) is 35.4 Å². The summed E-state index contributed by atoms with van der Waals surface area (Å²) in [5, 5.41) is 11.2. The van der Waals surface area contributed by atoms with Gasteiger partial charge in [-0.15, -0.1) is 0 Å². The van der Waals surface area contributed by atoms with E-state index in [0.717, 1.165) is 11.1 Å². The quantitative estimate of drug-likeness (QED) is 0.402. The van der Waals surface area contributed by atoms with Crippen LogP contribution in [0.4, 0.5) is 15.8 Å². The van der Waals surface area contributed by atoms with E-state index >= 15 is 0 Å². The molecular weight excluding hydrogens is 459 g/mol. The van der Waals surface area contributed by atoms with E-state index < -0.39 is 47.7 Å². The molecule has 0 aliphatic heterocycles. The molecule has 0 saturated heterocycles. The van der Waals surface area contributed by atoms with Crippen molar-refractivity contribution in [2.45, 2.75) is 29.4 Å². The van der Waals surface area contributed by atoms with Crippen molar-refractivity contribution in [3.8, 4) is 0 Å². The zero-order chi connectivity index (χ0) is 23.7. The number of nitro groups is 1. The van der Waals surface area contributed by atoms with Gasteiger partial charge >= 0.3 is 5.69 Å². The molecule has 1 N–H and O–H groups in total. The Morgan fingerprint density at radius 3 is 1.88 bits per heavy atom. The minimum absolute atomic E-state index is 0.0470. The predicted molar refractivity (Wildman–Crippen MR) is 117 cm³/mol. The molecular formula is C21H19FN2O6S2. The summed E-state index contributed by atoms with van der Waals surface area (Å²) in [7, 11) is -8.22. The molecule has 11 heteroatoms. The Morgan fingerprint density at radius 2 is 1.38 bits per heavy atom. The number of sulfone groups is 1. The lowest BCUT2D eigenvalue weighted by molar-refractivity contribution is -0.387. The molecule has 0 unspecified atom stereocenters. The Kier molecular flexibility index (Phi) is 6.33. The standard InChI is InChI=1S/C21H19FN2O6S2/c1-14-3-7-17(8-4-14)31(27,28)13-16-11-19(22)21(24(25)26)12-20(16)23-32(29,30)18-9-5-15(2)6-10-18/h3-12,23H,13H2,1-2H3. The molecule has 0 bridgehead atoms. The zero-order valence-electron chi connectivity index (χ0n) is 17.1. The monoisotopic (exact) mass is 478 g/mol. The molecule has 0 heterocycles. The van der Waals surface area contributed by atoms with Gasteiger partial charge in [-0.2, -0.15) is 4.39 Å². The van der Waals surface area contributed by atoms with Crippen LogP contribution in [-0.2, 0) is 25.6 Å². The molecule has 3 aromatic rings. The van der Waals surface area contributed by atoms with Crippen LogP contribution in [0.2, 0.25) is 0 Å². The van der Waals surface area contributed by atoms with Crippen LogP contribution in [0, 0.1) is 29.8 Å². The Bertz CT molecular complexity index is 1390. The number of halogens is 1. The summed E-state index contributed by atoms with van der Waals surface area (Å²) in [6.07, 6.45) is 0. The molecule has 3 aromatic carbocycles. The van der Waals surface area contributed by atoms with Gasteiger partial charge in [0.15, 0.2) is 9.84 Å². The van der Waals surface area contributed by atoms with E-state index in [1.807, 2.05) is 0 Å². The first-order chi connectivity index (χ1) is 14.9. The number of anilines is 1. The molecule has 0 fully saturated rings. The van der Waals surface area contributed by atoms with Crippen LogP contribution in [0.15, 0.2) is 70.5 Å².